The molecule has 1 saturated heterocycles. The number of hydrogen-bond donors (Lipinski definition) is 1. The molecule has 0 radical (unpaired) electrons. The lowest BCUT2D eigenvalue weighted by Crippen LogP contribution is -2.54. The summed E-state index contributed by atoms with van der Waals surface area (Å²) in [5, 5.41) is 1.30. The highest BCUT2D eigenvalue weighted by molar-refractivity contribution is 5.85. The van der Waals surface area contributed by atoms with Crippen molar-refractivity contribution in [1.82, 2.24) is 14.8 Å². The van der Waals surface area contributed by atoms with Gasteiger partial charge in [0.25, 0.3) is 0 Å². The van der Waals surface area contributed by atoms with Crippen LogP contribution in [0, 0.1) is 17.8 Å². The average Bonchev–Trinajstić information content (AvgIpc) is 3.35. The van der Waals surface area contributed by atoms with Crippen molar-refractivity contribution in [3.05, 3.63) is 84.1 Å². The zero-order valence-electron chi connectivity index (χ0n) is 22.6. The monoisotopic (exact) mass is 527 g/mol. The summed E-state index contributed by atoms with van der Waals surface area (Å²) in [6.45, 7) is 6.60. The van der Waals surface area contributed by atoms with E-state index in [0.29, 0.717) is 25.4 Å². The Hall–Kier alpha value is -3.58. The number of esters is 1. The van der Waals surface area contributed by atoms with Gasteiger partial charge in [-0.1, -0.05) is 54.6 Å². The molecule has 2 fully saturated rings. The normalized spacial score (nSPS) is 26.1. The number of rotatable bonds is 6. The number of carbonyl (C=O) groups excluding carboxylic acids is 2. The highest BCUT2D eigenvalue weighted by Crippen LogP contribution is 2.50. The predicted molar refractivity (Wildman–Crippen MR) is 150 cm³/mol. The number of carbonyl (C=O) groups is 2. The van der Waals surface area contributed by atoms with Crippen LogP contribution in [0.3, 0.4) is 0 Å². The zero-order valence-corrected chi connectivity index (χ0v) is 22.6. The maximum absolute atomic E-state index is 13.4. The molecule has 0 spiro atoms. The first kappa shape index (κ1) is 25.7. The maximum Gasteiger partial charge on any atom is 0.410 e. The number of fused-ring (bicyclic) bond motifs is 6. The average molecular weight is 528 g/mol. The van der Waals surface area contributed by atoms with Crippen LogP contribution in [0.2, 0.25) is 0 Å². The fourth-order valence-electron chi connectivity index (χ4n) is 7.28. The summed E-state index contributed by atoms with van der Waals surface area (Å²) in [5.41, 5.74) is 4.87. The minimum atomic E-state index is -0.508. The molecule has 5 atom stereocenters. The Morgan fingerprint density at radius 2 is 1.92 bits per heavy atom. The van der Waals surface area contributed by atoms with Gasteiger partial charge >= 0.3 is 12.1 Å². The number of nitrogens with zero attached hydrogens (tertiary/aromatic N) is 2. The van der Waals surface area contributed by atoms with E-state index in [0.717, 1.165) is 37.9 Å². The van der Waals surface area contributed by atoms with E-state index in [2.05, 4.69) is 40.7 Å². The quantitative estimate of drug-likeness (QED) is 0.339. The topological polar surface area (TPSA) is 74.9 Å². The van der Waals surface area contributed by atoms with Crippen LogP contribution in [0.15, 0.2) is 67.3 Å². The molecule has 204 valence electrons. The van der Waals surface area contributed by atoms with E-state index >= 15 is 0 Å². The molecule has 0 unspecified atom stereocenters. The zero-order chi connectivity index (χ0) is 26.9. The Kier molecular flexibility index (Phi) is 7.17. The van der Waals surface area contributed by atoms with Gasteiger partial charge in [0.2, 0.25) is 0 Å². The van der Waals surface area contributed by atoms with Crippen LogP contribution < -0.4 is 0 Å². The van der Waals surface area contributed by atoms with Crippen molar-refractivity contribution >= 4 is 23.0 Å². The third-order valence-electron chi connectivity index (χ3n) is 9.07. The Morgan fingerprint density at radius 3 is 2.72 bits per heavy atom. The van der Waals surface area contributed by atoms with Crippen LogP contribution in [-0.4, -0.2) is 59.7 Å². The number of hydrogen-bond acceptors (Lipinski definition) is 5. The smallest absolute Gasteiger partial charge is 0.410 e. The van der Waals surface area contributed by atoms with Crippen molar-refractivity contribution in [2.75, 3.05) is 26.7 Å². The van der Waals surface area contributed by atoms with Crippen molar-refractivity contribution in [2.24, 2.45) is 17.8 Å². The lowest BCUT2D eigenvalue weighted by Gasteiger charge is -2.51. The van der Waals surface area contributed by atoms with Gasteiger partial charge in [-0.2, -0.15) is 0 Å². The summed E-state index contributed by atoms with van der Waals surface area (Å²) in [4.78, 5) is 34.6. The summed E-state index contributed by atoms with van der Waals surface area (Å²) in [7, 11) is 1.44. The van der Waals surface area contributed by atoms with Gasteiger partial charge in [0, 0.05) is 42.8 Å². The fraction of sp³-hybridized carbons (Fsp3) is 0.438. The predicted octanol–water partition coefficient (Wildman–Crippen LogP) is 5.48. The van der Waals surface area contributed by atoms with E-state index in [1.807, 2.05) is 30.3 Å². The van der Waals surface area contributed by atoms with Gasteiger partial charge in [0.15, 0.2) is 0 Å². The molecule has 1 amide bonds. The van der Waals surface area contributed by atoms with E-state index in [1.165, 1.54) is 29.3 Å². The van der Waals surface area contributed by atoms with Crippen molar-refractivity contribution in [3.8, 4) is 0 Å². The van der Waals surface area contributed by atoms with E-state index in [4.69, 9.17) is 9.47 Å². The standard InChI is InChI=1S/C32H37N3O4/c1-3-16-35(19-21-9-5-4-6-10-21)32(37)39-28-14-13-22-20-34-17-15-24-23-11-7-8-12-26(23)33-30(24)27(34)18-25(22)29(28)31(36)38-2/h3-12,22,25,27-29,33H,1,13-20H2,2H3/t22-,25-,27-,28-,29+/m0/s1. The van der Waals surface area contributed by atoms with Crippen LogP contribution in [0.25, 0.3) is 10.9 Å². The lowest BCUT2D eigenvalue weighted by atomic mass is 9.64. The first-order chi connectivity index (χ1) is 19.1. The first-order valence-electron chi connectivity index (χ1n) is 14.1. The number of piperidine rings is 1. The Morgan fingerprint density at radius 1 is 1.13 bits per heavy atom. The molecule has 3 aromatic rings. The molecule has 39 heavy (non-hydrogen) atoms. The number of aromatic nitrogens is 1. The number of nitrogens with one attached hydrogen (secondary N) is 1. The van der Waals surface area contributed by atoms with Crippen LogP contribution in [-0.2, 0) is 27.2 Å². The summed E-state index contributed by atoms with van der Waals surface area (Å²) in [6, 6.07) is 18.6. The molecule has 1 N–H and O–H groups in total. The second kappa shape index (κ2) is 10.9. The summed E-state index contributed by atoms with van der Waals surface area (Å²) in [6.07, 6.45) is 4.26. The van der Waals surface area contributed by atoms with Gasteiger partial charge < -0.3 is 19.4 Å². The summed E-state index contributed by atoms with van der Waals surface area (Å²) < 4.78 is 11.5. The van der Waals surface area contributed by atoms with E-state index in [1.54, 1.807) is 11.0 Å². The fourth-order valence-corrected chi connectivity index (χ4v) is 7.28. The van der Waals surface area contributed by atoms with Crippen molar-refractivity contribution in [1.29, 1.82) is 0 Å². The SMILES string of the molecule is C=CCN(Cc1ccccc1)C(=O)O[C@H]1CC[C@H]2CN3CCc4c([nH]c5ccccc45)[C@@H]3C[C@@H]2[C@H]1C(=O)OC. The molecule has 1 aliphatic carbocycles. The Labute approximate surface area is 229 Å². The van der Waals surface area contributed by atoms with Gasteiger partial charge in [0.05, 0.1) is 19.1 Å². The minimum Gasteiger partial charge on any atom is -0.469 e. The van der Waals surface area contributed by atoms with Crippen LogP contribution >= 0.6 is 0 Å². The van der Waals surface area contributed by atoms with E-state index in [9.17, 15) is 9.59 Å². The van der Waals surface area contributed by atoms with Crippen LogP contribution in [0.4, 0.5) is 4.79 Å². The van der Waals surface area contributed by atoms with Crippen molar-refractivity contribution < 1.29 is 19.1 Å². The second-order valence-corrected chi connectivity index (χ2v) is 11.2. The summed E-state index contributed by atoms with van der Waals surface area (Å²) >= 11 is 0. The highest BCUT2D eigenvalue weighted by atomic mass is 16.6. The highest BCUT2D eigenvalue weighted by Gasteiger charge is 2.51. The molecule has 2 aliphatic heterocycles. The first-order valence-corrected chi connectivity index (χ1v) is 14.1. The summed E-state index contributed by atoms with van der Waals surface area (Å²) in [5.74, 6) is -0.289. The molecule has 3 heterocycles. The largest absolute Gasteiger partial charge is 0.469 e. The maximum atomic E-state index is 13.4. The molecule has 7 heteroatoms. The molecule has 2 aromatic carbocycles. The van der Waals surface area contributed by atoms with Gasteiger partial charge in [-0.15, -0.1) is 6.58 Å². The lowest BCUT2D eigenvalue weighted by molar-refractivity contribution is -0.160. The number of ether oxygens (including phenoxy) is 2. The van der Waals surface area contributed by atoms with Gasteiger partial charge in [0.1, 0.15) is 6.10 Å². The third kappa shape index (κ3) is 4.84. The Bertz CT molecular complexity index is 1350. The molecule has 0 bridgehead atoms. The molecule has 1 saturated carbocycles. The van der Waals surface area contributed by atoms with E-state index < -0.39 is 18.1 Å². The number of aromatic amines is 1. The van der Waals surface area contributed by atoms with Crippen LogP contribution in [0.1, 0.15) is 42.1 Å². The van der Waals surface area contributed by atoms with Gasteiger partial charge in [-0.05, 0) is 54.7 Å². The number of H-pyrrole nitrogens is 1. The number of benzene rings is 2. The number of amides is 1. The molecule has 1 aromatic heterocycles. The molecular weight excluding hydrogens is 490 g/mol. The minimum absolute atomic E-state index is 0.0876. The van der Waals surface area contributed by atoms with E-state index in [-0.39, 0.29) is 17.9 Å². The molecular formula is C32H37N3O4. The molecule has 3 aliphatic rings. The Balaban J connectivity index is 1.24. The number of para-hydroxylation sites is 1. The molecule has 7 nitrogen and oxygen atoms in total. The van der Waals surface area contributed by atoms with Crippen molar-refractivity contribution in [3.63, 3.8) is 0 Å². The molecule has 6 rings (SSSR count). The van der Waals surface area contributed by atoms with Crippen LogP contribution in [0.5, 0.6) is 0 Å². The number of methoxy groups -OCH3 is 1. The van der Waals surface area contributed by atoms with Gasteiger partial charge in [-0.3, -0.25) is 9.69 Å². The third-order valence-corrected chi connectivity index (χ3v) is 9.07. The second-order valence-electron chi connectivity index (χ2n) is 11.2. The van der Waals surface area contributed by atoms with Gasteiger partial charge in [-0.25, -0.2) is 4.79 Å². The van der Waals surface area contributed by atoms with Crippen molar-refractivity contribution in [2.45, 2.75) is 44.4 Å².